The van der Waals surface area contributed by atoms with Crippen LogP contribution in [0.4, 0.5) is 0 Å². The molecule has 0 fully saturated rings. The van der Waals surface area contributed by atoms with Crippen LogP contribution in [0.3, 0.4) is 0 Å². The number of nitrogens with zero attached hydrogens (tertiary/aromatic N) is 2. The fourth-order valence-corrected chi connectivity index (χ4v) is 1.65. The molecule has 84 valence electrons. The maximum Gasteiger partial charge on any atom is 0.166 e. The van der Waals surface area contributed by atoms with E-state index in [-0.39, 0.29) is 0 Å². The molecule has 0 bridgehead atoms. The molecule has 6 heteroatoms. The third kappa shape index (κ3) is 3.68. The van der Waals surface area contributed by atoms with Crippen molar-refractivity contribution in [3.63, 3.8) is 0 Å². The molecule has 0 aliphatic carbocycles. The maximum absolute atomic E-state index is 5.95. The smallest absolute Gasteiger partial charge is 0.166 e. The minimum absolute atomic E-state index is 0.326. The second kappa shape index (κ2) is 5.32. The molecule has 0 atom stereocenters. The standard InChI is InChI=1S/C9H15ClN4S/c1-6(2)13-9(15)11-5-8-7(10)4-12-14(8)3/h4,6H,5H2,1-3H3,(H2,11,13,15). The third-order valence-corrected chi connectivity index (χ3v) is 2.42. The lowest BCUT2D eigenvalue weighted by molar-refractivity contribution is 0.674. The van der Waals surface area contributed by atoms with Crippen molar-refractivity contribution >= 4 is 28.9 Å². The Morgan fingerprint density at radius 2 is 2.33 bits per heavy atom. The van der Waals surface area contributed by atoms with Gasteiger partial charge in [-0.05, 0) is 26.1 Å². The van der Waals surface area contributed by atoms with E-state index in [1.807, 2.05) is 20.9 Å². The number of halogens is 1. The minimum Gasteiger partial charge on any atom is -0.361 e. The Balaban J connectivity index is 2.47. The van der Waals surface area contributed by atoms with E-state index in [0.717, 1.165) is 5.69 Å². The Hall–Kier alpha value is -0.810. The van der Waals surface area contributed by atoms with Crippen molar-refractivity contribution in [3.05, 3.63) is 16.9 Å². The average Bonchev–Trinajstić information content (AvgIpc) is 2.42. The Morgan fingerprint density at radius 3 is 2.80 bits per heavy atom. The van der Waals surface area contributed by atoms with Gasteiger partial charge in [0.15, 0.2) is 5.11 Å². The first-order valence-electron chi connectivity index (χ1n) is 4.71. The molecule has 0 aliphatic rings. The van der Waals surface area contributed by atoms with Gasteiger partial charge in [-0.3, -0.25) is 4.68 Å². The number of aryl methyl sites for hydroxylation is 1. The number of hydrogen-bond donors (Lipinski definition) is 2. The van der Waals surface area contributed by atoms with Crippen LogP contribution in [0.25, 0.3) is 0 Å². The van der Waals surface area contributed by atoms with E-state index in [2.05, 4.69) is 15.7 Å². The van der Waals surface area contributed by atoms with Crippen LogP contribution in [-0.4, -0.2) is 20.9 Å². The molecule has 0 aliphatic heterocycles. The highest BCUT2D eigenvalue weighted by Gasteiger charge is 2.06. The van der Waals surface area contributed by atoms with E-state index in [4.69, 9.17) is 23.8 Å². The SMILES string of the molecule is CC(C)NC(=S)NCc1c(Cl)cnn1C. The first kappa shape index (κ1) is 12.3. The Kier molecular flexibility index (Phi) is 4.35. The van der Waals surface area contributed by atoms with E-state index in [1.54, 1.807) is 10.9 Å². The van der Waals surface area contributed by atoms with Crippen molar-refractivity contribution in [2.24, 2.45) is 7.05 Å². The summed E-state index contributed by atoms with van der Waals surface area (Å²) in [5.74, 6) is 0. The summed E-state index contributed by atoms with van der Waals surface area (Å²) in [6.45, 7) is 4.64. The summed E-state index contributed by atoms with van der Waals surface area (Å²) in [6.07, 6.45) is 1.62. The van der Waals surface area contributed by atoms with Crippen molar-refractivity contribution in [1.29, 1.82) is 0 Å². The predicted octanol–water partition coefficient (Wildman–Crippen LogP) is 1.45. The second-order valence-corrected chi connectivity index (χ2v) is 4.36. The Morgan fingerprint density at radius 1 is 1.67 bits per heavy atom. The van der Waals surface area contributed by atoms with Crippen LogP contribution in [0, 0.1) is 0 Å². The van der Waals surface area contributed by atoms with Gasteiger partial charge in [0.25, 0.3) is 0 Å². The molecule has 4 nitrogen and oxygen atoms in total. The quantitative estimate of drug-likeness (QED) is 0.793. The van der Waals surface area contributed by atoms with Crippen molar-refractivity contribution in [2.75, 3.05) is 0 Å². The summed E-state index contributed by atoms with van der Waals surface area (Å²) >= 11 is 11.0. The molecule has 1 aromatic rings. The van der Waals surface area contributed by atoms with Gasteiger partial charge in [0, 0.05) is 13.1 Å². The Labute approximate surface area is 100.0 Å². The Bertz CT molecular complexity index is 328. The molecule has 0 saturated heterocycles. The highest BCUT2D eigenvalue weighted by Crippen LogP contribution is 2.13. The molecular weight excluding hydrogens is 232 g/mol. The summed E-state index contributed by atoms with van der Waals surface area (Å²) in [7, 11) is 1.85. The lowest BCUT2D eigenvalue weighted by Gasteiger charge is -2.13. The van der Waals surface area contributed by atoms with Crippen LogP contribution in [0.2, 0.25) is 5.02 Å². The number of rotatable bonds is 3. The van der Waals surface area contributed by atoms with Gasteiger partial charge in [0.1, 0.15) is 0 Å². The summed E-state index contributed by atoms with van der Waals surface area (Å²) < 4.78 is 1.73. The highest BCUT2D eigenvalue weighted by atomic mass is 35.5. The molecule has 0 amide bonds. The topological polar surface area (TPSA) is 41.9 Å². The van der Waals surface area contributed by atoms with Gasteiger partial charge in [0.2, 0.25) is 0 Å². The zero-order valence-corrected chi connectivity index (χ0v) is 10.6. The fourth-order valence-electron chi connectivity index (χ4n) is 1.11. The lowest BCUT2D eigenvalue weighted by atomic mass is 10.4. The van der Waals surface area contributed by atoms with Gasteiger partial charge < -0.3 is 10.6 Å². The van der Waals surface area contributed by atoms with Crippen LogP contribution in [0.1, 0.15) is 19.5 Å². The third-order valence-electron chi connectivity index (χ3n) is 1.85. The molecule has 1 rings (SSSR count). The summed E-state index contributed by atoms with van der Waals surface area (Å²) in [5.41, 5.74) is 0.921. The predicted molar refractivity (Wildman–Crippen MR) is 65.9 cm³/mol. The van der Waals surface area contributed by atoms with E-state index in [1.165, 1.54) is 0 Å². The molecule has 0 radical (unpaired) electrons. The average molecular weight is 247 g/mol. The van der Waals surface area contributed by atoms with Gasteiger partial charge >= 0.3 is 0 Å². The molecule has 0 aromatic carbocycles. The monoisotopic (exact) mass is 246 g/mol. The first-order chi connectivity index (χ1) is 7.00. The van der Waals surface area contributed by atoms with Crippen molar-refractivity contribution in [1.82, 2.24) is 20.4 Å². The van der Waals surface area contributed by atoms with E-state index in [0.29, 0.717) is 22.7 Å². The number of hydrogen-bond acceptors (Lipinski definition) is 2. The summed E-state index contributed by atoms with van der Waals surface area (Å²) in [4.78, 5) is 0. The van der Waals surface area contributed by atoms with Gasteiger partial charge in [-0.25, -0.2) is 0 Å². The molecule has 15 heavy (non-hydrogen) atoms. The van der Waals surface area contributed by atoms with Gasteiger partial charge in [-0.2, -0.15) is 5.10 Å². The molecule has 1 aromatic heterocycles. The van der Waals surface area contributed by atoms with Crippen LogP contribution in [-0.2, 0) is 13.6 Å². The van der Waals surface area contributed by atoms with Gasteiger partial charge in [0.05, 0.1) is 23.5 Å². The normalized spacial score (nSPS) is 10.5. The largest absolute Gasteiger partial charge is 0.361 e. The van der Waals surface area contributed by atoms with Crippen LogP contribution < -0.4 is 10.6 Å². The number of thiocarbonyl (C=S) groups is 1. The maximum atomic E-state index is 5.95. The van der Waals surface area contributed by atoms with Gasteiger partial charge in [-0.1, -0.05) is 11.6 Å². The van der Waals surface area contributed by atoms with Crippen LogP contribution in [0.5, 0.6) is 0 Å². The zero-order chi connectivity index (χ0) is 11.4. The number of nitrogens with one attached hydrogen (secondary N) is 2. The van der Waals surface area contributed by atoms with E-state index in [9.17, 15) is 0 Å². The van der Waals surface area contributed by atoms with Crippen molar-refractivity contribution < 1.29 is 0 Å². The highest BCUT2D eigenvalue weighted by molar-refractivity contribution is 7.80. The van der Waals surface area contributed by atoms with Crippen molar-refractivity contribution in [2.45, 2.75) is 26.4 Å². The second-order valence-electron chi connectivity index (χ2n) is 3.54. The lowest BCUT2D eigenvalue weighted by Crippen LogP contribution is -2.39. The zero-order valence-electron chi connectivity index (χ0n) is 9.04. The molecular formula is C9H15ClN4S. The molecule has 1 heterocycles. The van der Waals surface area contributed by atoms with Crippen LogP contribution in [0.15, 0.2) is 6.20 Å². The van der Waals surface area contributed by atoms with Crippen molar-refractivity contribution in [3.8, 4) is 0 Å². The van der Waals surface area contributed by atoms with Gasteiger partial charge in [-0.15, -0.1) is 0 Å². The molecule has 0 saturated carbocycles. The fraction of sp³-hybridized carbons (Fsp3) is 0.556. The first-order valence-corrected chi connectivity index (χ1v) is 5.50. The number of aromatic nitrogens is 2. The minimum atomic E-state index is 0.326. The summed E-state index contributed by atoms with van der Waals surface area (Å²) in [5, 5.41) is 11.5. The van der Waals surface area contributed by atoms with Crippen LogP contribution >= 0.6 is 23.8 Å². The van der Waals surface area contributed by atoms with E-state index < -0.39 is 0 Å². The van der Waals surface area contributed by atoms with E-state index >= 15 is 0 Å². The molecule has 0 spiro atoms. The summed E-state index contributed by atoms with van der Waals surface area (Å²) in [6, 6.07) is 0.326. The molecule has 0 unspecified atom stereocenters. The molecule has 2 N–H and O–H groups in total.